The fraction of sp³-hybridized carbons (Fsp3) is 0.667. The number of carbonyl (C=O) groups excluding carboxylic acids is 2. The fourth-order valence-electron chi connectivity index (χ4n) is 4.29. The highest BCUT2D eigenvalue weighted by Gasteiger charge is 2.27. The highest BCUT2D eigenvalue weighted by molar-refractivity contribution is 7.89. The minimum Gasteiger partial charge on any atom is -0.342 e. The predicted octanol–water partition coefficient (Wildman–Crippen LogP) is 3.50. The Labute approximate surface area is 199 Å². The van der Waals surface area contributed by atoms with Crippen molar-refractivity contribution in [2.75, 3.05) is 26.2 Å². The molecule has 1 aliphatic heterocycles. The average molecular weight is 481 g/mol. The number of nitrogens with zero attached hydrogens (tertiary/aromatic N) is 2. The Morgan fingerprint density at radius 1 is 1.03 bits per heavy atom. The Morgan fingerprint density at radius 2 is 1.58 bits per heavy atom. The number of hydrogen-bond acceptors (Lipinski definition) is 4. The van der Waals surface area contributed by atoms with E-state index in [4.69, 9.17) is 0 Å². The minimum atomic E-state index is -3.50. The molecule has 0 radical (unpaired) electrons. The Balaban J connectivity index is 1.87. The van der Waals surface area contributed by atoms with Crippen LogP contribution in [0.5, 0.6) is 0 Å². The van der Waals surface area contributed by atoms with Gasteiger partial charge in [-0.05, 0) is 50.3 Å². The lowest BCUT2D eigenvalue weighted by Crippen LogP contribution is -2.50. The van der Waals surface area contributed by atoms with E-state index in [1.807, 2.05) is 39.5 Å². The van der Waals surface area contributed by atoms with Gasteiger partial charge in [-0.15, -0.1) is 0 Å². The third-order valence-electron chi connectivity index (χ3n) is 6.55. The first-order valence-corrected chi connectivity index (χ1v) is 13.6. The molecule has 0 saturated carbocycles. The van der Waals surface area contributed by atoms with E-state index < -0.39 is 10.0 Å². The van der Waals surface area contributed by atoms with Crippen LogP contribution in [0.2, 0.25) is 0 Å². The van der Waals surface area contributed by atoms with Gasteiger partial charge in [0.15, 0.2) is 0 Å². The molecule has 1 saturated heterocycles. The van der Waals surface area contributed by atoms with Crippen LogP contribution in [-0.2, 0) is 14.8 Å². The molecular weight excluding hydrogens is 440 g/mol. The quantitative estimate of drug-likeness (QED) is 0.535. The molecule has 2 rings (SSSR count). The van der Waals surface area contributed by atoms with Crippen LogP contribution in [0.25, 0.3) is 0 Å². The molecule has 1 unspecified atom stereocenters. The molecule has 33 heavy (non-hydrogen) atoms. The van der Waals surface area contributed by atoms with Gasteiger partial charge in [-0.3, -0.25) is 4.79 Å². The van der Waals surface area contributed by atoms with Crippen LogP contribution < -0.4 is 10.6 Å². The average Bonchev–Trinajstić information content (AvgIpc) is 2.81. The monoisotopic (exact) mass is 480 g/mol. The molecule has 186 valence electrons. The number of carbonyl (C=O) groups is 2. The van der Waals surface area contributed by atoms with E-state index in [1.165, 1.54) is 4.31 Å². The second-order valence-electron chi connectivity index (χ2n) is 8.61. The summed E-state index contributed by atoms with van der Waals surface area (Å²) in [6.07, 6.45) is 3.20. The first-order chi connectivity index (χ1) is 15.7. The number of nitrogens with one attached hydrogen (secondary N) is 2. The van der Waals surface area contributed by atoms with Crippen molar-refractivity contribution in [3.8, 4) is 0 Å². The van der Waals surface area contributed by atoms with E-state index in [-0.39, 0.29) is 34.8 Å². The van der Waals surface area contributed by atoms with Crippen molar-refractivity contribution >= 4 is 22.0 Å². The largest absolute Gasteiger partial charge is 0.342 e. The van der Waals surface area contributed by atoms with Crippen LogP contribution in [0.3, 0.4) is 0 Å². The molecule has 9 heteroatoms. The van der Waals surface area contributed by atoms with E-state index in [2.05, 4.69) is 10.6 Å². The number of likely N-dealkylation sites (tertiary alicyclic amines) is 1. The lowest BCUT2D eigenvalue weighted by Gasteiger charge is -2.34. The molecule has 2 N–H and O–H groups in total. The lowest BCUT2D eigenvalue weighted by atomic mass is 9.98. The summed E-state index contributed by atoms with van der Waals surface area (Å²) in [7, 11) is -3.50. The van der Waals surface area contributed by atoms with Crippen molar-refractivity contribution in [1.29, 1.82) is 0 Å². The van der Waals surface area contributed by atoms with Crippen molar-refractivity contribution in [2.45, 2.75) is 77.3 Å². The van der Waals surface area contributed by atoms with E-state index in [1.54, 1.807) is 24.3 Å². The first-order valence-electron chi connectivity index (χ1n) is 12.1. The van der Waals surface area contributed by atoms with Crippen LogP contribution in [0.4, 0.5) is 4.79 Å². The molecule has 0 bridgehead atoms. The van der Waals surface area contributed by atoms with Crippen molar-refractivity contribution < 1.29 is 18.0 Å². The third kappa shape index (κ3) is 6.93. The smallest absolute Gasteiger partial charge is 0.315 e. The molecule has 0 spiro atoms. The van der Waals surface area contributed by atoms with Gasteiger partial charge in [0.25, 0.3) is 0 Å². The maximum Gasteiger partial charge on any atom is 0.315 e. The van der Waals surface area contributed by atoms with Gasteiger partial charge in [0.05, 0.1) is 10.9 Å². The van der Waals surface area contributed by atoms with E-state index in [9.17, 15) is 18.0 Å². The van der Waals surface area contributed by atoms with Crippen molar-refractivity contribution in [3.63, 3.8) is 0 Å². The van der Waals surface area contributed by atoms with Crippen molar-refractivity contribution in [3.05, 3.63) is 29.8 Å². The second-order valence-corrected chi connectivity index (χ2v) is 10.5. The summed E-state index contributed by atoms with van der Waals surface area (Å²) in [6.45, 7) is 11.8. The van der Waals surface area contributed by atoms with Gasteiger partial charge >= 0.3 is 6.03 Å². The number of hydrogen-bond donors (Lipinski definition) is 2. The van der Waals surface area contributed by atoms with Crippen LogP contribution >= 0.6 is 0 Å². The molecular formula is C24H40N4O4S. The van der Waals surface area contributed by atoms with E-state index >= 15 is 0 Å². The van der Waals surface area contributed by atoms with E-state index in [0.717, 1.165) is 31.2 Å². The Hall–Kier alpha value is -2.13. The number of benzene rings is 1. The number of urea groups is 1. The molecule has 0 aliphatic carbocycles. The second kappa shape index (κ2) is 12.4. The van der Waals surface area contributed by atoms with Gasteiger partial charge in [-0.1, -0.05) is 39.8 Å². The Morgan fingerprint density at radius 3 is 2.06 bits per heavy atom. The minimum absolute atomic E-state index is 0.0320. The molecule has 1 aromatic carbocycles. The first kappa shape index (κ1) is 27.1. The summed E-state index contributed by atoms with van der Waals surface area (Å²) in [4.78, 5) is 27.2. The molecule has 1 heterocycles. The molecule has 0 aromatic heterocycles. The van der Waals surface area contributed by atoms with Gasteiger partial charge in [0, 0.05) is 38.1 Å². The summed E-state index contributed by atoms with van der Waals surface area (Å²) in [5.74, 6) is 0.315. The highest BCUT2D eigenvalue weighted by Crippen LogP contribution is 2.20. The Kier molecular flexibility index (Phi) is 10.2. The summed E-state index contributed by atoms with van der Waals surface area (Å²) in [6, 6.07) is 6.16. The molecule has 1 atom stereocenters. The van der Waals surface area contributed by atoms with Crippen LogP contribution in [0.1, 0.15) is 71.9 Å². The molecule has 1 fully saturated rings. The zero-order valence-corrected chi connectivity index (χ0v) is 21.5. The summed E-state index contributed by atoms with van der Waals surface area (Å²) in [5, 5.41) is 5.94. The molecule has 3 amide bonds. The topological polar surface area (TPSA) is 98.8 Å². The summed E-state index contributed by atoms with van der Waals surface area (Å²) >= 11 is 0. The van der Waals surface area contributed by atoms with E-state index in [0.29, 0.717) is 26.2 Å². The Bertz CT molecular complexity index is 872. The predicted molar refractivity (Wildman–Crippen MR) is 130 cm³/mol. The molecule has 1 aromatic rings. The highest BCUT2D eigenvalue weighted by atomic mass is 32.2. The molecule has 1 aliphatic rings. The third-order valence-corrected chi connectivity index (χ3v) is 8.61. The lowest BCUT2D eigenvalue weighted by molar-refractivity contribution is -0.136. The van der Waals surface area contributed by atoms with Crippen molar-refractivity contribution in [2.24, 2.45) is 5.92 Å². The van der Waals surface area contributed by atoms with Crippen LogP contribution in [0.15, 0.2) is 29.2 Å². The van der Waals surface area contributed by atoms with Gasteiger partial charge in [-0.2, -0.15) is 4.31 Å². The van der Waals surface area contributed by atoms with Gasteiger partial charge in [-0.25, -0.2) is 13.2 Å². The van der Waals surface area contributed by atoms with Crippen molar-refractivity contribution in [1.82, 2.24) is 19.8 Å². The number of piperidine rings is 1. The maximum absolute atomic E-state index is 12.6. The van der Waals surface area contributed by atoms with Crippen LogP contribution in [-0.4, -0.2) is 61.8 Å². The van der Waals surface area contributed by atoms with Gasteiger partial charge < -0.3 is 15.5 Å². The summed E-state index contributed by atoms with van der Waals surface area (Å²) in [5.41, 5.74) is 0.828. The standard InChI is InChI=1S/C24H40N4O4S/c1-6-19(7-2)23(29)27-16-14-21(15-17-27)26-24(30)25-18(5)20-10-12-22(13-11-20)33(31,32)28(8-3)9-4/h10-13,18-19,21H,6-9,14-17H2,1-5H3,(H2,25,26,30). The SMILES string of the molecule is CCC(CC)C(=O)N1CCC(NC(=O)NC(C)c2ccc(S(=O)(=O)N(CC)CC)cc2)CC1. The maximum atomic E-state index is 12.6. The number of sulfonamides is 1. The van der Waals surface area contributed by atoms with Gasteiger partial charge in [0.2, 0.25) is 15.9 Å². The zero-order valence-electron chi connectivity index (χ0n) is 20.6. The van der Waals surface area contributed by atoms with Gasteiger partial charge in [0.1, 0.15) is 0 Å². The summed E-state index contributed by atoms with van der Waals surface area (Å²) < 4.78 is 26.7. The normalized spacial score (nSPS) is 16.2. The fourth-order valence-corrected chi connectivity index (χ4v) is 5.75. The molecule has 8 nitrogen and oxygen atoms in total. The van der Waals surface area contributed by atoms with Crippen LogP contribution in [0, 0.1) is 5.92 Å². The number of amides is 3. The zero-order chi connectivity index (χ0) is 24.6. The number of rotatable bonds is 10.